The van der Waals surface area contributed by atoms with Gasteiger partial charge < -0.3 is 10.2 Å². The van der Waals surface area contributed by atoms with Crippen molar-refractivity contribution in [3.8, 4) is 0 Å². The molecule has 0 amide bonds. The first kappa shape index (κ1) is 14.2. The first-order chi connectivity index (χ1) is 9.81. The van der Waals surface area contributed by atoms with E-state index >= 15 is 0 Å². The van der Waals surface area contributed by atoms with E-state index < -0.39 is 0 Å². The van der Waals surface area contributed by atoms with Crippen LogP contribution in [0.3, 0.4) is 0 Å². The van der Waals surface area contributed by atoms with Gasteiger partial charge in [-0.05, 0) is 56.6 Å². The highest BCUT2D eigenvalue weighted by molar-refractivity contribution is 6.30. The third-order valence-corrected chi connectivity index (χ3v) is 4.77. The molecule has 1 N–H and O–H groups in total. The standard InChI is InChI=1S/C16H24ClN3/c17-14-3-5-16(6-4-14)20-12-10-19(11-13-20)9-7-15-2-1-8-18-15/h3-6,15,18H,1-2,7-13H2. The molecule has 2 aliphatic heterocycles. The fourth-order valence-corrected chi connectivity index (χ4v) is 3.35. The monoisotopic (exact) mass is 293 g/mol. The van der Waals surface area contributed by atoms with E-state index in [0.29, 0.717) is 0 Å². The molecule has 2 aliphatic rings. The van der Waals surface area contributed by atoms with E-state index in [-0.39, 0.29) is 0 Å². The summed E-state index contributed by atoms with van der Waals surface area (Å²) in [4.78, 5) is 5.06. The highest BCUT2D eigenvalue weighted by Gasteiger charge is 2.19. The van der Waals surface area contributed by atoms with Crippen LogP contribution in [-0.4, -0.2) is 50.2 Å². The second-order valence-electron chi connectivity index (χ2n) is 5.89. The molecular formula is C16H24ClN3. The normalized spacial score (nSPS) is 24.2. The van der Waals surface area contributed by atoms with Gasteiger partial charge >= 0.3 is 0 Å². The van der Waals surface area contributed by atoms with E-state index in [0.717, 1.165) is 24.2 Å². The smallest absolute Gasteiger partial charge is 0.0407 e. The molecular weight excluding hydrogens is 270 g/mol. The van der Waals surface area contributed by atoms with Gasteiger partial charge in [0, 0.05) is 42.9 Å². The van der Waals surface area contributed by atoms with E-state index in [2.05, 4.69) is 27.2 Å². The molecule has 1 atom stereocenters. The van der Waals surface area contributed by atoms with Crippen molar-refractivity contribution in [3.05, 3.63) is 29.3 Å². The third kappa shape index (κ3) is 3.66. The first-order valence-electron chi connectivity index (χ1n) is 7.77. The average Bonchev–Trinajstić information content (AvgIpc) is 3.00. The van der Waals surface area contributed by atoms with Crippen LogP contribution >= 0.6 is 11.6 Å². The quantitative estimate of drug-likeness (QED) is 0.921. The van der Waals surface area contributed by atoms with Crippen LogP contribution in [0.1, 0.15) is 19.3 Å². The minimum Gasteiger partial charge on any atom is -0.369 e. The van der Waals surface area contributed by atoms with Crippen LogP contribution in [0, 0.1) is 0 Å². The van der Waals surface area contributed by atoms with Gasteiger partial charge in [0.2, 0.25) is 0 Å². The number of piperazine rings is 1. The van der Waals surface area contributed by atoms with Crippen molar-refractivity contribution in [2.24, 2.45) is 0 Å². The van der Waals surface area contributed by atoms with Gasteiger partial charge in [-0.3, -0.25) is 4.90 Å². The van der Waals surface area contributed by atoms with Crippen molar-refractivity contribution < 1.29 is 0 Å². The molecule has 3 rings (SSSR count). The van der Waals surface area contributed by atoms with Crippen LogP contribution in [-0.2, 0) is 0 Å². The summed E-state index contributed by atoms with van der Waals surface area (Å²) in [5.41, 5.74) is 1.30. The van der Waals surface area contributed by atoms with Crippen molar-refractivity contribution in [2.45, 2.75) is 25.3 Å². The lowest BCUT2D eigenvalue weighted by Crippen LogP contribution is -2.47. The van der Waals surface area contributed by atoms with Gasteiger partial charge in [0.15, 0.2) is 0 Å². The number of halogens is 1. The summed E-state index contributed by atoms with van der Waals surface area (Å²) in [6, 6.07) is 8.98. The second kappa shape index (κ2) is 6.79. The molecule has 1 unspecified atom stereocenters. The molecule has 1 aromatic rings. The summed E-state index contributed by atoms with van der Waals surface area (Å²) in [5.74, 6) is 0. The zero-order chi connectivity index (χ0) is 13.8. The molecule has 4 heteroatoms. The maximum Gasteiger partial charge on any atom is 0.0407 e. The molecule has 2 heterocycles. The molecule has 110 valence electrons. The average molecular weight is 294 g/mol. The number of benzene rings is 1. The van der Waals surface area contributed by atoms with Crippen LogP contribution in [0.15, 0.2) is 24.3 Å². The van der Waals surface area contributed by atoms with Crippen molar-refractivity contribution in [1.29, 1.82) is 0 Å². The Bertz CT molecular complexity index is 406. The fraction of sp³-hybridized carbons (Fsp3) is 0.625. The number of hydrogen-bond acceptors (Lipinski definition) is 3. The molecule has 3 nitrogen and oxygen atoms in total. The number of rotatable bonds is 4. The Labute approximate surface area is 126 Å². The minimum absolute atomic E-state index is 0.768. The maximum atomic E-state index is 5.94. The lowest BCUT2D eigenvalue weighted by atomic mass is 10.1. The summed E-state index contributed by atoms with van der Waals surface area (Å²) in [6.45, 7) is 7.06. The Hall–Kier alpha value is -0.770. The van der Waals surface area contributed by atoms with Gasteiger partial charge in [-0.2, -0.15) is 0 Å². The Morgan fingerprint density at radius 3 is 2.50 bits per heavy atom. The lowest BCUT2D eigenvalue weighted by Gasteiger charge is -2.36. The van der Waals surface area contributed by atoms with E-state index in [9.17, 15) is 0 Å². The maximum absolute atomic E-state index is 5.94. The van der Waals surface area contributed by atoms with Crippen LogP contribution in [0.25, 0.3) is 0 Å². The van der Waals surface area contributed by atoms with Crippen LogP contribution in [0.4, 0.5) is 5.69 Å². The summed E-state index contributed by atoms with van der Waals surface area (Å²) in [7, 11) is 0. The van der Waals surface area contributed by atoms with Crippen molar-refractivity contribution in [1.82, 2.24) is 10.2 Å². The molecule has 2 saturated heterocycles. The SMILES string of the molecule is Clc1ccc(N2CCN(CCC3CCCN3)CC2)cc1. The Morgan fingerprint density at radius 2 is 1.85 bits per heavy atom. The number of nitrogens with one attached hydrogen (secondary N) is 1. The van der Waals surface area contributed by atoms with E-state index in [1.165, 1.54) is 51.1 Å². The van der Waals surface area contributed by atoms with Gasteiger partial charge in [0.05, 0.1) is 0 Å². The summed E-state index contributed by atoms with van der Waals surface area (Å²) < 4.78 is 0. The molecule has 0 saturated carbocycles. The van der Waals surface area contributed by atoms with E-state index in [4.69, 9.17) is 11.6 Å². The van der Waals surface area contributed by atoms with Crippen molar-refractivity contribution >= 4 is 17.3 Å². The predicted molar refractivity (Wildman–Crippen MR) is 85.7 cm³/mol. The minimum atomic E-state index is 0.768. The van der Waals surface area contributed by atoms with Crippen LogP contribution in [0.5, 0.6) is 0 Å². The highest BCUT2D eigenvalue weighted by Crippen LogP contribution is 2.19. The Kier molecular flexibility index (Phi) is 4.81. The summed E-state index contributed by atoms with van der Waals surface area (Å²) in [5, 5.41) is 4.40. The summed E-state index contributed by atoms with van der Waals surface area (Å²) in [6.07, 6.45) is 4.03. The molecule has 1 aromatic carbocycles. The first-order valence-corrected chi connectivity index (χ1v) is 8.15. The zero-order valence-corrected chi connectivity index (χ0v) is 12.8. The Morgan fingerprint density at radius 1 is 1.10 bits per heavy atom. The zero-order valence-electron chi connectivity index (χ0n) is 12.0. The van der Waals surface area contributed by atoms with Gasteiger partial charge in [0.1, 0.15) is 0 Å². The molecule has 0 aromatic heterocycles. The molecule has 2 fully saturated rings. The third-order valence-electron chi connectivity index (χ3n) is 4.52. The number of hydrogen-bond donors (Lipinski definition) is 1. The molecule has 0 aliphatic carbocycles. The highest BCUT2D eigenvalue weighted by atomic mass is 35.5. The molecule has 20 heavy (non-hydrogen) atoms. The van der Waals surface area contributed by atoms with Crippen LogP contribution in [0.2, 0.25) is 5.02 Å². The number of anilines is 1. The van der Waals surface area contributed by atoms with E-state index in [1.54, 1.807) is 0 Å². The topological polar surface area (TPSA) is 18.5 Å². The molecule has 0 bridgehead atoms. The van der Waals surface area contributed by atoms with Gasteiger partial charge in [-0.1, -0.05) is 11.6 Å². The molecule has 0 radical (unpaired) electrons. The second-order valence-corrected chi connectivity index (χ2v) is 6.32. The van der Waals surface area contributed by atoms with E-state index in [1.807, 2.05) is 12.1 Å². The van der Waals surface area contributed by atoms with Gasteiger partial charge in [-0.15, -0.1) is 0 Å². The molecule has 0 spiro atoms. The van der Waals surface area contributed by atoms with Crippen LogP contribution < -0.4 is 10.2 Å². The van der Waals surface area contributed by atoms with Crippen molar-refractivity contribution in [2.75, 3.05) is 44.2 Å². The van der Waals surface area contributed by atoms with Gasteiger partial charge in [0.25, 0.3) is 0 Å². The largest absolute Gasteiger partial charge is 0.369 e. The number of nitrogens with zero attached hydrogens (tertiary/aromatic N) is 2. The lowest BCUT2D eigenvalue weighted by molar-refractivity contribution is 0.245. The summed E-state index contributed by atoms with van der Waals surface area (Å²) >= 11 is 5.94. The fourth-order valence-electron chi connectivity index (χ4n) is 3.22. The van der Waals surface area contributed by atoms with Gasteiger partial charge in [-0.25, -0.2) is 0 Å². The van der Waals surface area contributed by atoms with Crippen molar-refractivity contribution in [3.63, 3.8) is 0 Å². The predicted octanol–water partition coefficient (Wildman–Crippen LogP) is 2.60. The Balaban J connectivity index is 1.43.